The SMILES string of the molecule is CCCc1ccc(C2(C)CN=C(N)N2CC)cc1. The Kier molecular flexibility index (Phi) is 3.60. The standard InChI is InChI=1S/C15H23N3/c1-4-6-12-7-9-13(10-8-12)15(3)11-17-14(16)18(15)5-2/h7-10H,4-6,11H2,1-3H3,(H2,16,17). The maximum absolute atomic E-state index is 5.96. The van der Waals surface area contributed by atoms with Crippen LogP contribution in [-0.2, 0) is 12.0 Å². The van der Waals surface area contributed by atoms with Crippen molar-refractivity contribution in [1.82, 2.24) is 4.90 Å². The Labute approximate surface area is 110 Å². The number of rotatable bonds is 4. The van der Waals surface area contributed by atoms with Crippen LogP contribution in [0.5, 0.6) is 0 Å². The monoisotopic (exact) mass is 245 g/mol. The molecule has 3 nitrogen and oxygen atoms in total. The van der Waals surface area contributed by atoms with Gasteiger partial charge in [-0.05, 0) is 31.4 Å². The number of guanidine groups is 1. The first kappa shape index (κ1) is 12.9. The lowest BCUT2D eigenvalue weighted by atomic mass is 9.90. The fourth-order valence-corrected chi connectivity index (χ4v) is 2.74. The summed E-state index contributed by atoms with van der Waals surface area (Å²) >= 11 is 0. The molecule has 0 fully saturated rings. The summed E-state index contributed by atoms with van der Waals surface area (Å²) < 4.78 is 0. The van der Waals surface area contributed by atoms with Crippen molar-refractivity contribution in [3.63, 3.8) is 0 Å². The minimum atomic E-state index is -0.0798. The van der Waals surface area contributed by atoms with E-state index in [4.69, 9.17) is 5.73 Å². The number of likely N-dealkylation sites (N-methyl/N-ethyl adjacent to an activating group) is 1. The van der Waals surface area contributed by atoms with Crippen LogP contribution in [0.4, 0.5) is 0 Å². The molecule has 98 valence electrons. The summed E-state index contributed by atoms with van der Waals surface area (Å²) in [4.78, 5) is 6.58. The van der Waals surface area contributed by atoms with Gasteiger partial charge in [0.15, 0.2) is 5.96 Å². The molecule has 1 aromatic carbocycles. The van der Waals surface area contributed by atoms with Crippen LogP contribution in [0.25, 0.3) is 0 Å². The highest BCUT2D eigenvalue weighted by Crippen LogP contribution is 2.32. The molecule has 1 unspecified atom stereocenters. The molecule has 1 aliphatic rings. The first-order valence-electron chi connectivity index (χ1n) is 6.78. The van der Waals surface area contributed by atoms with Crippen molar-refractivity contribution in [2.24, 2.45) is 10.7 Å². The highest BCUT2D eigenvalue weighted by molar-refractivity contribution is 5.81. The van der Waals surface area contributed by atoms with Gasteiger partial charge in [0.2, 0.25) is 0 Å². The van der Waals surface area contributed by atoms with Gasteiger partial charge in [0.1, 0.15) is 0 Å². The fraction of sp³-hybridized carbons (Fsp3) is 0.533. The molecule has 0 radical (unpaired) electrons. The number of benzene rings is 1. The minimum Gasteiger partial charge on any atom is -0.370 e. The van der Waals surface area contributed by atoms with Crippen LogP contribution in [0, 0.1) is 0 Å². The van der Waals surface area contributed by atoms with Gasteiger partial charge >= 0.3 is 0 Å². The van der Waals surface area contributed by atoms with E-state index in [0.29, 0.717) is 5.96 Å². The Balaban J connectivity index is 2.25. The lowest BCUT2D eigenvalue weighted by Crippen LogP contribution is -2.47. The number of nitrogens with zero attached hydrogens (tertiary/aromatic N) is 2. The zero-order chi connectivity index (χ0) is 13.2. The molecular formula is C15H23N3. The van der Waals surface area contributed by atoms with Gasteiger partial charge in [-0.15, -0.1) is 0 Å². The fourth-order valence-electron chi connectivity index (χ4n) is 2.74. The van der Waals surface area contributed by atoms with E-state index >= 15 is 0 Å². The number of aryl methyl sites for hydroxylation is 1. The van der Waals surface area contributed by atoms with Crippen LogP contribution in [0.15, 0.2) is 29.3 Å². The van der Waals surface area contributed by atoms with Crippen LogP contribution in [-0.4, -0.2) is 23.9 Å². The van der Waals surface area contributed by atoms with E-state index in [1.54, 1.807) is 0 Å². The molecule has 0 saturated carbocycles. The zero-order valence-electron chi connectivity index (χ0n) is 11.6. The average molecular weight is 245 g/mol. The van der Waals surface area contributed by atoms with E-state index in [-0.39, 0.29) is 5.54 Å². The lowest BCUT2D eigenvalue weighted by molar-refractivity contribution is 0.235. The lowest BCUT2D eigenvalue weighted by Gasteiger charge is -2.36. The third-order valence-corrected chi connectivity index (χ3v) is 3.85. The van der Waals surface area contributed by atoms with Crippen molar-refractivity contribution in [3.05, 3.63) is 35.4 Å². The molecule has 0 amide bonds. The molecule has 2 rings (SSSR count). The largest absolute Gasteiger partial charge is 0.370 e. The molecule has 0 aliphatic carbocycles. The summed E-state index contributed by atoms with van der Waals surface area (Å²) in [5.41, 5.74) is 8.58. The molecule has 0 spiro atoms. The van der Waals surface area contributed by atoms with Gasteiger partial charge in [-0.2, -0.15) is 0 Å². The third-order valence-electron chi connectivity index (χ3n) is 3.85. The summed E-state index contributed by atoms with van der Waals surface area (Å²) in [6.07, 6.45) is 2.33. The van der Waals surface area contributed by atoms with Gasteiger partial charge in [-0.3, -0.25) is 4.99 Å². The van der Waals surface area contributed by atoms with E-state index in [1.165, 1.54) is 17.5 Å². The maximum atomic E-state index is 5.96. The second kappa shape index (κ2) is 5.01. The predicted octanol–water partition coefficient (Wildman–Crippen LogP) is 2.50. The topological polar surface area (TPSA) is 41.6 Å². The predicted molar refractivity (Wildman–Crippen MR) is 76.7 cm³/mol. The van der Waals surface area contributed by atoms with Crippen molar-refractivity contribution in [1.29, 1.82) is 0 Å². The Bertz CT molecular complexity index is 436. The van der Waals surface area contributed by atoms with Gasteiger partial charge in [0.25, 0.3) is 0 Å². The average Bonchev–Trinajstić information content (AvgIpc) is 2.67. The second-order valence-electron chi connectivity index (χ2n) is 5.14. The van der Waals surface area contributed by atoms with Crippen LogP contribution >= 0.6 is 0 Å². The van der Waals surface area contributed by atoms with E-state index in [9.17, 15) is 0 Å². The van der Waals surface area contributed by atoms with E-state index < -0.39 is 0 Å². The van der Waals surface area contributed by atoms with Crippen LogP contribution < -0.4 is 5.73 Å². The van der Waals surface area contributed by atoms with Crippen LogP contribution in [0.3, 0.4) is 0 Å². The summed E-state index contributed by atoms with van der Waals surface area (Å²) in [6, 6.07) is 8.91. The Morgan fingerprint density at radius 1 is 1.28 bits per heavy atom. The quantitative estimate of drug-likeness (QED) is 0.885. The van der Waals surface area contributed by atoms with E-state index in [2.05, 4.69) is 54.9 Å². The smallest absolute Gasteiger partial charge is 0.192 e. The molecule has 1 heterocycles. The molecule has 3 heteroatoms. The Morgan fingerprint density at radius 2 is 1.94 bits per heavy atom. The molecule has 2 N–H and O–H groups in total. The summed E-state index contributed by atoms with van der Waals surface area (Å²) in [6.45, 7) is 8.19. The summed E-state index contributed by atoms with van der Waals surface area (Å²) in [5.74, 6) is 0.664. The van der Waals surface area contributed by atoms with Gasteiger partial charge in [0.05, 0.1) is 12.1 Å². The first-order chi connectivity index (χ1) is 8.61. The molecule has 0 bridgehead atoms. The third kappa shape index (κ3) is 2.09. The molecule has 1 atom stereocenters. The Morgan fingerprint density at radius 3 is 2.50 bits per heavy atom. The normalized spacial score (nSPS) is 23.3. The summed E-state index contributed by atoms with van der Waals surface area (Å²) in [5, 5.41) is 0. The van der Waals surface area contributed by atoms with Crippen LogP contribution in [0.2, 0.25) is 0 Å². The number of hydrogen-bond donors (Lipinski definition) is 1. The minimum absolute atomic E-state index is 0.0798. The van der Waals surface area contributed by atoms with Gasteiger partial charge in [-0.25, -0.2) is 0 Å². The first-order valence-corrected chi connectivity index (χ1v) is 6.78. The summed E-state index contributed by atoms with van der Waals surface area (Å²) in [7, 11) is 0. The highest BCUT2D eigenvalue weighted by atomic mass is 15.3. The highest BCUT2D eigenvalue weighted by Gasteiger charge is 2.38. The molecule has 1 aromatic rings. The van der Waals surface area contributed by atoms with Crippen molar-refractivity contribution >= 4 is 5.96 Å². The van der Waals surface area contributed by atoms with Crippen molar-refractivity contribution in [2.45, 2.75) is 39.2 Å². The van der Waals surface area contributed by atoms with Gasteiger partial charge in [-0.1, -0.05) is 37.6 Å². The van der Waals surface area contributed by atoms with E-state index in [0.717, 1.165) is 19.5 Å². The number of aliphatic imine (C=N–C) groups is 1. The van der Waals surface area contributed by atoms with Gasteiger partial charge < -0.3 is 10.6 Å². The molecule has 0 aromatic heterocycles. The number of nitrogens with two attached hydrogens (primary N) is 1. The Hall–Kier alpha value is -1.51. The maximum Gasteiger partial charge on any atom is 0.192 e. The molecular weight excluding hydrogens is 222 g/mol. The van der Waals surface area contributed by atoms with Crippen LogP contribution in [0.1, 0.15) is 38.3 Å². The zero-order valence-corrected chi connectivity index (χ0v) is 11.6. The molecule has 1 aliphatic heterocycles. The second-order valence-corrected chi connectivity index (χ2v) is 5.14. The van der Waals surface area contributed by atoms with Crippen molar-refractivity contribution in [3.8, 4) is 0 Å². The molecule has 18 heavy (non-hydrogen) atoms. The number of hydrogen-bond acceptors (Lipinski definition) is 3. The van der Waals surface area contributed by atoms with Crippen molar-refractivity contribution < 1.29 is 0 Å². The molecule has 0 saturated heterocycles. The van der Waals surface area contributed by atoms with Gasteiger partial charge in [0, 0.05) is 6.54 Å². The van der Waals surface area contributed by atoms with Crippen molar-refractivity contribution in [2.75, 3.05) is 13.1 Å². The van der Waals surface area contributed by atoms with E-state index in [1.807, 2.05) is 0 Å².